The van der Waals surface area contributed by atoms with Gasteiger partial charge in [0.15, 0.2) is 0 Å². The van der Waals surface area contributed by atoms with Crippen LogP contribution in [0.25, 0.3) is 0 Å². The Kier molecular flexibility index (Phi) is 1.51. The van der Waals surface area contributed by atoms with Crippen molar-refractivity contribution < 1.29 is 9.84 Å². The van der Waals surface area contributed by atoms with Crippen LogP contribution in [0.2, 0.25) is 0 Å². The number of aliphatic hydroxyl groups is 1. The Morgan fingerprint density at radius 2 is 2.30 bits per heavy atom. The van der Waals surface area contributed by atoms with Gasteiger partial charge >= 0.3 is 0 Å². The van der Waals surface area contributed by atoms with Crippen LogP contribution >= 0.6 is 0 Å². The standard InChI is InChI=1S/C8H12O2/c9-5-8-6-1-3-7(10-8)4-2-6/h1,3,6-9H,2,4-5H2/t6-,7+,8-/m1/s1. The fourth-order valence-corrected chi connectivity index (χ4v) is 1.74. The predicted molar refractivity (Wildman–Crippen MR) is 37.6 cm³/mol. The molecule has 0 aromatic carbocycles. The van der Waals surface area contributed by atoms with E-state index in [0.29, 0.717) is 12.0 Å². The Bertz CT molecular complexity index is 153. The smallest absolute Gasteiger partial charge is 0.0876 e. The third-order valence-electron chi connectivity index (χ3n) is 2.36. The molecule has 0 amide bonds. The monoisotopic (exact) mass is 140 g/mol. The molecule has 2 bridgehead atoms. The summed E-state index contributed by atoms with van der Waals surface area (Å²) in [6.45, 7) is 0.172. The Labute approximate surface area is 60.5 Å². The molecule has 2 aliphatic heterocycles. The van der Waals surface area contributed by atoms with E-state index in [9.17, 15) is 0 Å². The van der Waals surface area contributed by atoms with Crippen molar-refractivity contribution in [1.82, 2.24) is 0 Å². The number of fused-ring (bicyclic) bond motifs is 2. The van der Waals surface area contributed by atoms with E-state index >= 15 is 0 Å². The van der Waals surface area contributed by atoms with Gasteiger partial charge in [0.1, 0.15) is 0 Å². The van der Waals surface area contributed by atoms with Crippen molar-refractivity contribution >= 4 is 0 Å². The molecule has 2 nitrogen and oxygen atoms in total. The first kappa shape index (κ1) is 6.38. The third kappa shape index (κ3) is 0.879. The molecule has 0 spiro atoms. The summed E-state index contributed by atoms with van der Waals surface area (Å²) >= 11 is 0. The molecule has 0 aromatic heterocycles. The van der Waals surface area contributed by atoms with Crippen molar-refractivity contribution in [3.8, 4) is 0 Å². The second-order valence-electron chi connectivity index (χ2n) is 3.02. The van der Waals surface area contributed by atoms with Gasteiger partial charge in [0.2, 0.25) is 0 Å². The molecule has 0 aromatic rings. The molecule has 56 valence electrons. The lowest BCUT2D eigenvalue weighted by atomic mass is 9.86. The molecular weight excluding hydrogens is 128 g/mol. The number of hydrogen-bond donors (Lipinski definition) is 1. The first-order valence-electron chi connectivity index (χ1n) is 3.85. The Hall–Kier alpha value is -0.340. The third-order valence-corrected chi connectivity index (χ3v) is 2.36. The zero-order chi connectivity index (χ0) is 6.97. The summed E-state index contributed by atoms with van der Waals surface area (Å²) in [6.07, 6.45) is 6.99. The van der Waals surface area contributed by atoms with Crippen LogP contribution in [0.15, 0.2) is 12.2 Å². The predicted octanol–water partition coefficient (Wildman–Crippen LogP) is 0.712. The minimum Gasteiger partial charge on any atom is -0.394 e. The second kappa shape index (κ2) is 2.36. The summed E-state index contributed by atoms with van der Waals surface area (Å²) in [5.41, 5.74) is 0. The van der Waals surface area contributed by atoms with E-state index in [-0.39, 0.29) is 12.7 Å². The molecule has 3 atom stereocenters. The Morgan fingerprint density at radius 3 is 2.60 bits per heavy atom. The van der Waals surface area contributed by atoms with Crippen LogP contribution in [0.5, 0.6) is 0 Å². The van der Waals surface area contributed by atoms with Gasteiger partial charge in [0.05, 0.1) is 18.8 Å². The molecule has 1 fully saturated rings. The van der Waals surface area contributed by atoms with E-state index in [4.69, 9.17) is 9.84 Å². The van der Waals surface area contributed by atoms with Gasteiger partial charge in [-0.3, -0.25) is 0 Å². The van der Waals surface area contributed by atoms with Crippen LogP contribution in [0.1, 0.15) is 12.8 Å². The minimum absolute atomic E-state index is 0.0868. The van der Waals surface area contributed by atoms with E-state index in [0.717, 1.165) is 6.42 Å². The molecule has 1 N–H and O–H groups in total. The number of ether oxygens (including phenoxy) is 1. The van der Waals surface area contributed by atoms with Crippen LogP contribution in [-0.4, -0.2) is 23.9 Å². The van der Waals surface area contributed by atoms with Gasteiger partial charge in [0.25, 0.3) is 0 Å². The van der Waals surface area contributed by atoms with Gasteiger partial charge in [-0.25, -0.2) is 0 Å². The van der Waals surface area contributed by atoms with Gasteiger partial charge in [-0.15, -0.1) is 0 Å². The van der Waals surface area contributed by atoms with Crippen LogP contribution in [0, 0.1) is 5.92 Å². The van der Waals surface area contributed by atoms with Crippen molar-refractivity contribution in [3.63, 3.8) is 0 Å². The Morgan fingerprint density at radius 1 is 1.40 bits per heavy atom. The van der Waals surface area contributed by atoms with Gasteiger partial charge in [-0.1, -0.05) is 12.2 Å². The first-order chi connectivity index (χ1) is 4.90. The molecule has 3 rings (SSSR count). The van der Waals surface area contributed by atoms with Crippen molar-refractivity contribution in [3.05, 3.63) is 12.2 Å². The van der Waals surface area contributed by atoms with Crippen LogP contribution < -0.4 is 0 Å². The summed E-state index contributed by atoms with van der Waals surface area (Å²) in [6, 6.07) is 0. The Balaban J connectivity index is 2.11. The van der Waals surface area contributed by atoms with Gasteiger partial charge in [-0.05, 0) is 12.8 Å². The maximum absolute atomic E-state index is 8.85. The second-order valence-corrected chi connectivity index (χ2v) is 3.02. The highest BCUT2D eigenvalue weighted by Gasteiger charge is 2.31. The topological polar surface area (TPSA) is 29.5 Å². The quantitative estimate of drug-likeness (QED) is 0.543. The molecule has 10 heavy (non-hydrogen) atoms. The molecule has 0 unspecified atom stereocenters. The zero-order valence-corrected chi connectivity index (χ0v) is 5.86. The molecule has 0 saturated carbocycles. The number of hydrogen-bond acceptors (Lipinski definition) is 2. The van der Waals surface area contributed by atoms with Crippen molar-refractivity contribution in [2.24, 2.45) is 5.92 Å². The van der Waals surface area contributed by atoms with Gasteiger partial charge < -0.3 is 9.84 Å². The van der Waals surface area contributed by atoms with E-state index < -0.39 is 0 Å². The maximum atomic E-state index is 8.85. The van der Waals surface area contributed by atoms with Crippen LogP contribution in [-0.2, 0) is 4.74 Å². The lowest BCUT2D eigenvalue weighted by Crippen LogP contribution is -2.39. The maximum Gasteiger partial charge on any atom is 0.0876 e. The fraction of sp³-hybridized carbons (Fsp3) is 0.750. The van der Waals surface area contributed by atoms with E-state index in [1.165, 1.54) is 6.42 Å². The van der Waals surface area contributed by atoms with Gasteiger partial charge in [-0.2, -0.15) is 0 Å². The van der Waals surface area contributed by atoms with E-state index in [2.05, 4.69) is 12.2 Å². The zero-order valence-electron chi connectivity index (χ0n) is 5.86. The van der Waals surface area contributed by atoms with Crippen molar-refractivity contribution in [2.75, 3.05) is 6.61 Å². The van der Waals surface area contributed by atoms with Crippen LogP contribution in [0.3, 0.4) is 0 Å². The highest BCUT2D eigenvalue weighted by Crippen LogP contribution is 2.31. The average molecular weight is 140 g/mol. The highest BCUT2D eigenvalue weighted by atomic mass is 16.5. The minimum atomic E-state index is 0.0868. The first-order valence-corrected chi connectivity index (χ1v) is 3.85. The summed E-state index contributed by atoms with van der Waals surface area (Å²) in [4.78, 5) is 0. The molecule has 1 saturated heterocycles. The van der Waals surface area contributed by atoms with E-state index in [1.807, 2.05) is 0 Å². The molecule has 2 heterocycles. The molecule has 0 radical (unpaired) electrons. The average Bonchev–Trinajstić information content (AvgIpc) is 2.06. The number of aliphatic hydroxyl groups excluding tert-OH is 1. The lowest BCUT2D eigenvalue weighted by molar-refractivity contribution is -0.0832. The fourth-order valence-electron chi connectivity index (χ4n) is 1.74. The summed E-state index contributed by atoms with van der Waals surface area (Å²) < 4.78 is 5.50. The van der Waals surface area contributed by atoms with Crippen molar-refractivity contribution in [1.29, 1.82) is 0 Å². The summed E-state index contributed by atoms with van der Waals surface area (Å²) in [5.74, 6) is 0.481. The van der Waals surface area contributed by atoms with Gasteiger partial charge in [0, 0.05) is 5.92 Å². The van der Waals surface area contributed by atoms with Crippen LogP contribution in [0.4, 0.5) is 0 Å². The normalized spacial score (nSPS) is 44.3. The summed E-state index contributed by atoms with van der Waals surface area (Å²) in [7, 11) is 0. The molecule has 3 aliphatic rings. The summed E-state index contributed by atoms with van der Waals surface area (Å²) in [5, 5.41) is 8.85. The molecule has 2 heteroatoms. The van der Waals surface area contributed by atoms with Crippen molar-refractivity contribution in [2.45, 2.75) is 25.0 Å². The lowest BCUT2D eigenvalue weighted by Gasteiger charge is -2.37. The van der Waals surface area contributed by atoms with E-state index in [1.54, 1.807) is 0 Å². The number of rotatable bonds is 1. The highest BCUT2D eigenvalue weighted by molar-refractivity contribution is 5.06. The largest absolute Gasteiger partial charge is 0.394 e. The molecule has 1 aliphatic carbocycles. The SMILES string of the molecule is OC[C@H]1O[C@H]2C=C[C@@H]1CC2. The molecular formula is C8H12O2.